The summed E-state index contributed by atoms with van der Waals surface area (Å²) in [6, 6.07) is 12.8. The molecule has 0 aliphatic heterocycles. The number of halogens is 2. The third-order valence-corrected chi connectivity index (χ3v) is 4.46. The minimum absolute atomic E-state index is 0.207. The summed E-state index contributed by atoms with van der Waals surface area (Å²) in [5.74, 6) is 0.494. The highest BCUT2D eigenvalue weighted by Crippen LogP contribution is 2.33. The smallest absolute Gasteiger partial charge is 0.137 e. The molecule has 0 radical (unpaired) electrons. The first-order chi connectivity index (χ1) is 10.1. The lowest BCUT2D eigenvalue weighted by Crippen LogP contribution is -2.17. The Hall–Kier alpha value is -1.65. The van der Waals surface area contributed by atoms with Crippen LogP contribution in [0.1, 0.15) is 22.9 Å². The van der Waals surface area contributed by atoms with Crippen LogP contribution in [0.3, 0.4) is 0 Å². The van der Waals surface area contributed by atoms with Crippen molar-refractivity contribution in [1.29, 1.82) is 0 Å². The van der Waals surface area contributed by atoms with Gasteiger partial charge in [0, 0.05) is 5.39 Å². The molecule has 1 atom stereocenters. The van der Waals surface area contributed by atoms with Gasteiger partial charge in [-0.3, -0.25) is 0 Å². The number of hydrogen-bond acceptors (Lipinski definition) is 2. The molecule has 4 heteroatoms. The van der Waals surface area contributed by atoms with Crippen molar-refractivity contribution in [3.05, 3.63) is 69.6 Å². The van der Waals surface area contributed by atoms with Crippen LogP contribution in [0.2, 0.25) is 0 Å². The molecule has 3 aromatic rings. The van der Waals surface area contributed by atoms with Crippen molar-refractivity contribution in [2.24, 2.45) is 0 Å². The lowest BCUT2D eigenvalue weighted by molar-refractivity contribution is 0.487. The molecule has 0 aliphatic rings. The standard InChI is InChI=1S/C17H15BrFNO/c1-10-5-3-6-11-9-14(21-17(10)11)16(20-2)12-7-4-8-13(19)15(12)18/h3-9,16,20H,1-2H3. The van der Waals surface area contributed by atoms with Crippen molar-refractivity contribution in [1.82, 2.24) is 5.32 Å². The van der Waals surface area contributed by atoms with Gasteiger partial charge in [0.2, 0.25) is 0 Å². The average molecular weight is 348 g/mol. The Morgan fingerprint density at radius 3 is 2.67 bits per heavy atom. The highest BCUT2D eigenvalue weighted by atomic mass is 79.9. The van der Waals surface area contributed by atoms with Crippen molar-refractivity contribution in [2.75, 3.05) is 7.05 Å². The van der Waals surface area contributed by atoms with Gasteiger partial charge in [-0.05, 0) is 53.2 Å². The molecule has 3 rings (SSSR count). The van der Waals surface area contributed by atoms with E-state index >= 15 is 0 Å². The quantitative estimate of drug-likeness (QED) is 0.724. The molecular formula is C17H15BrFNO. The number of hydrogen-bond donors (Lipinski definition) is 1. The molecule has 21 heavy (non-hydrogen) atoms. The van der Waals surface area contributed by atoms with E-state index in [2.05, 4.69) is 21.2 Å². The molecule has 108 valence electrons. The van der Waals surface area contributed by atoms with Crippen LogP contribution in [-0.2, 0) is 0 Å². The van der Waals surface area contributed by atoms with Gasteiger partial charge < -0.3 is 9.73 Å². The number of fused-ring (bicyclic) bond motifs is 1. The molecule has 2 aromatic carbocycles. The van der Waals surface area contributed by atoms with Crippen molar-refractivity contribution < 1.29 is 8.81 Å². The summed E-state index contributed by atoms with van der Waals surface area (Å²) in [6.07, 6.45) is 0. The highest BCUT2D eigenvalue weighted by Gasteiger charge is 2.21. The van der Waals surface area contributed by atoms with Crippen LogP contribution in [0.4, 0.5) is 4.39 Å². The Balaban J connectivity index is 2.14. The van der Waals surface area contributed by atoms with E-state index in [-0.39, 0.29) is 11.9 Å². The zero-order valence-electron chi connectivity index (χ0n) is 11.8. The van der Waals surface area contributed by atoms with Crippen LogP contribution in [0.25, 0.3) is 11.0 Å². The summed E-state index contributed by atoms with van der Waals surface area (Å²) < 4.78 is 20.2. The molecule has 0 fully saturated rings. The first kappa shape index (κ1) is 14.3. The van der Waals surface area contributed by atoms with Crippen LogP contribution >= 0.6 is 15.9 Å². The third-order valence-electron chi connectivity index (χ3n) is 3.63. The summed E-state index contributed by atoms with van der Waals surface area (Å²) in [7, 11) is 1.84. The van der Waals surface area contributed by atoms with Crippen LogP contribution in [0.15, 0.2) is 51.4 Å². The van der Waals surface area contributed by atoms with Gasteiger partial charge in [0.05, 0.1) is 10.5 Å². The maximum absolute atomic E-state index is 13.8. The van der Waals surface area contributed by atoms with E-state index in [1.807, 2.05) is 44.3 Å². The lowest BCUT2D eigenvalue weighted by atomic mass is 10.0. The Labute approximate surface area is 131 Å². The first-order valence-electron chi connectivity index (χ1n) is 6.72. The van der Waals surface area contributed by atoms with Gasteiger partial charge in [0.1, 0.15) is 17.2 Å². The van der Waals surface area contributed by atoms with Gasteiger partial charge in [-0.1, -0.05) is 30.3 Å². The van der Waals surface area contributed by atoms with Crippen LogP contribution in [0, 0.1) is 12.7 Å². The summed E-state index contributed by atoms with van der Waals surface area (Å²) in [5.41, 5.74) is 2.78. The van der Waals surface area contributed by atoms with Gasteiger partial charge >= 0.3 is 0 Å². The van der Waals surface area contributed by atoms with E-state index in [9.17, 15) is 4.39 Å². The molecule has 1 N–H and O–H groups in total. The number of furan rings is 1. The number of aryl methyl sites for hydroxylation is 1. The third kappa shape index (κ3) is 2.49. The number of rotatable bonds is 3. The average Bonchev–Trinajstić information content (AvgIpc) is 2.89. The molecule has 1 heterocycles. The molecule has 1 aromatic heterocycles. The molecule has 0 amide bonds. The molecule has 0 spiro atoms. The molecule has 2 nitrogen and oxygen atoms in total. The van der Waals surface area contributed by atoms with Crippen LogP contribution < -0.4 is 5.32 Å². The van der Waals surface area contributed by atoms with Gasteiger partial charge in [-0.25, -0.2) is 4.39 Å². The van der Waals surface area contributed by atoms with E-state index in [1.165, 1.54) is 6.07 Å². The number of benzene rings is 2. The predicted molar refractivity (Wildman–Crippen MR) is 86.0 cm³/mol. The maximum Gasteiger partial charge on any atom is 0.137 e. The van der Waals surface area contributed by atoms with E-state index in [0.717, 1.165) is 27.9 Å². The van der Waals surface area contributed by atoms with Crippen LogP contribution in [0.5, 0.6) is 0 Å². The number of nitrogens with one attached hydrogen (secondary N) is 1. The van der Waals surface area contributed by atoms with Crippen molar-refractivity contribution in [3.63, 3.8) is 0 Å². The van der Waals surface area contributed by atoms with Gasteiger partial charge in [0.25, 0.3) is 0 Å². The Morgan fingerprint density at radius 1 is 1.19 bits per heavy atom. The van der Waals surface area contributed by atoms with Gasteiger partial charge in [-0.15, -0.1) is 0 Å². The molecule has 0 saturated carbocycles. The second-order valence-corrected chi connectivity index (χ2v) is 5.80. The summed E-state index contributed by atoms with van der Waals surface area (Å²) in [6.45, 7) is 2.02. The van der Waals surface area contributed by atoms with E-state index < -0.39 is 0 Å². The minimum Gasteiger partial charge on any atom is -0.459 e. The lowest BCUT2D eigenvalue weighted by Gasteiger charge is -2.16. The predicted octanol–water partition coefficient (Wildman–Crippen LogP) is 4.95. The minimum atomic E-state index is -0.278. The Bertz CT molecular complexity index is 797. The Morgan fingerprint density at radius 2 is 1.95 bits per heavy atom. The van der Waals surface area contributed by atoms with Crippen LogP contribution in [-0.4, -0.2) is 7.05 Å². The van der Waals surface area contributed by atoms with Gasteiger partial charge in [-0.2, -0.15) is 0 Å². The second kappa shape index (κ2) is 5.62. The highest BCUT2D eigenvalue weighted by molar-refractivity contribution is 9.10. The maximum atomic E-state index is 13.8. The molecule has 0 aliphatic carbocycles. The van der Waals surface area contributed by atoms with E-state index in [1.54, 1.807) is 6.07 Å². The molecular weight excluding hydrogens is 333 g/mol. The molecule has 1 unspecified atom stereocenters. The largest absolute Gasteiger partial charge is 0.459 e. The monoisotopic (exact) mass is 347 g/mol. The van der Waals surface area contributed by atoms with Crippen molar-refractivity contribution in [3.8, 4) is 0 Å². The summed E-state index contributed by atoms with van der Waals surface area (Å²) >= 11 is 3.32. The first-order valence-corrected chi connectivity index (χ1v) is 7.51. The Kier molecular flexibility index (Phi) is 3.83. The number of para-hydroxylation sites is 1. The van der Waals surface area contributed by atoms with Gasteiger partial charge in [0.15, 0.2) is 0 Å². The van der Waals surface area contributed by atoms with E-state index in [4.69, 9.17) is 4.42 Å². The normalized spacial score (nSPS) is 12.8. The van der Waals surface area contributed by atoms with E-state index in [0.29, 0.717) is 4.47 Å². The van der Waals surface area contributed by atoms with Crippen molar-refractivity contribution in [2.45, 2.75) is 13.0 Å². The SMILES string of the molecule is CNC(c1cc2cccc(C)c2o1)c1cccc(F)c1Br. The van der Waals surface area contributed by atoms with Crippen molar-refractivity contribution >= 4 is 26.9 Å². The molecule has 0 bridgehead atoms. The second-order valence-electron chi connectivity index (χ2n) is 5.01. The molecule has 0 saturated heterocycles. The summed E-state index contributed by atoms with van der Waals surface area (Å²) in [4.78, 5) is 0. The fourth-order valence-corrected chi connectivity index (χ4v) is 3.06. The zero-order valence-corrected chi connectivity index (χ0v) is 13.4. The zero-order chi connectivity index (χ0) is 15.0. The fraction of sp³-hybridized carbons (Fsp3) is 0.176. The topological polar surface area (TPSA) is 25.2 Å². The summed E-state index contributed by atoms with van der Waals surface area (Å²) in [5, 5.41) is 4.25. The fourth-order valence-electron chi connectivity index (χ4n) is 2.57.